The molecule has 1 fully saturated rings. The molecule has 2 aliphatic heterocycles. The number of benzene rings is 1. The summed E-state index contributed by atoms with van der Waals surface area (Å²) in [5.74, 6) is 0.00577. The number of carbonyl (C=O) groups is 1. The van der Waals surface area contributed by atoms with Gasteiger partial charge in [-0.3, -0.25) is 4.79 Å². The normalized spacial score (nSPS) is 35.7. The number of morpholine rings is 1. The molecule has 0 aliphatic carbocycles. The van der Waals surface area contributed by atoms with Crippen molar-refractivity contribution in [2.75, 3.05) is 13.7 Å². The molecular weight excluding hydrogens is 278 g/mol. The van der Waals surface area contributed by atoms with Crippen LogP contribution in [0.2, 0.25) is 0 Å². The lowest BCUT2D eigenvalue weighted by atomic mass is 9.86. The van der Waals surface area contributed by atoms with E-state index in [1.807, 2.05) is 51.2 Å². The number of carbonyl (C=O) groups excluding carboxylic acids is 1. The molecule has 2 aliphatic rings. The molecule has 1 aromatic rings. The van der Waals surface area contributed by atoms with Crippen LogP contribution in [0.4, 0.5) is 0 Å². The highest BCUT2D eigenvalue weighted by Crippen LogP contribution is 2.41. The molecule has 0 aromatic heterocycles. The number of ether oxygens (including phenoxy) is 2. The fraction of sp³-hybridized carbons (Fsp3) is 0.500. The van der Waals surface area contributed by atoms with Crippen molar-refractivity contribution in [3.8, 4) is 0 Å². The zero-order chi connectivity index (χ0) is 15.7. The minimum atomic E-state index is -0.936. The predicted molar refractivity (Wildman–Crippen MR) is 84.4 cm³/mol. The van der Waals surface area contributed by atoms with E-state index in [0.717, 1.165) is 5.56 Å². The molecule has 22 heavy (non-hydrogen) atoms. The van der Waals surface area contributed by atoms with Crippen molar-refractivity contribution in [1.29, 1.82) is 0 Å². The Hall–Kier alpha value is -1.65. The Balaban J connectivity index is 2.00. The van der Waals surface area contributed by atoms with Crippen LogP contribution >= 0.6 is 0 Å². The molecule has 4 atom stereocenters. The number of likely N-dealkylation sites (N-methyl/N-ethyl adjacent to an activating group) is 1. The van der Waals surface area contributed by atoms with Gasteiger partial charge in [0.2, 0.25) is 0 Å². The van der Waals surface area contributed by atoms with E-state index < -0.39 is 5.60 Å². The number of nitrogens with zero attached hydrogens (tertiary/aromatic N) is 1. The molecule has 4 heteroatoms. The Labute approximate surface area is 131 Å². The van der Waals surface area contributed by atoms with Gasteiger partial charge in [0.1, 0.15) is 6.10 Å². The molecule has 0 unspecified atom stereocenters. The second-order valence-electron chi connectivity index (χ2n) is 6.15. The lowest BCUT2D eigenvalue weighted by Gasteiger charge is -2.49. The minimum Gasteiger partial charge on any atom is -0.371 e. The fourth-order valence-corrected chi connectivity index (χ4v) is 3.28. The summed E-state index contributed by atoms with van der Waals surface area (Å²) in [6.07, 6.45) is 4.07. The van der Waals surface area contributed by atoms with E-state index >= 15 is 0 Å². The molecule has 0 radical (unpaired) electrons. The molecule has 0 N–H and O–H groups in total. The highest BCUT2D eigenvalue weighted by atomic mass is 16.6. The average Bonchev–Trinajstić information content (AvgIpc) is 2.73. The maximum atomic E-state index is 12.9. The minimum absolute atomic E-state index is 0.00577. The average molecular weight is 301 g/mol. The second-order valence-corrected chi connectivity index (χ2v) is 6.15. The summed E-state index contributed by atoms with van der Waals surface area (Å²) in [7, 11) is 1.86. The Kier molecular flexibility index (Phi) is 4.06. The summed E-state index contributed by atoms with van der Waals surface area (Å²) < 4.78 is 12.2. The number of hydrogen-bond acceptors (Lipinski definition) is 3. The first-order chi connectivity index (χ1) is 10.6. The standard InChI is InChI=1S/C18H23NO3/c1-13-16(15-9-5-4-6-10-15)22-18(17(20)19(13)3)11-7-8-12-21-14(18)2/h4-10,13-14,16H,11-12H2,1-3H3/t13-,14-,16-,18-/m0/s1. The largest absolute Gasteiger partial charge is 0.371 e. The monoisotopic (exact) mass is 301 g/mol. The SMILES string of the molecule is C[C@@H]1OCC=CC[C@]12O[C@H](c1ccccc1)[C@H](C)N(C)C2=O. The molecule has 1 saturated heterocycles. The molecule has 0 saturated carbocycles. The molecule has 3 rings (SSSR count). The second kappa shape index (κ2) is 5.86. The smallest absolute Gasteiger partial charge is 0.257 e. The maximum absolute atomic E-state index is 12.9. The zero-order valence-corrected chi connectivity index (χ0v) is 13.4. The third-order valence-electron chi connectivity index (χ3n) is 4.88. The van der Waals surface area contributed by atoms with Crippen molar-refractivity contribution < 1.29 is 14.3 Å². The molecule has 0 bridgehead atoms. The van der Waals surface area contributed by atoms with Crippen molar-refractivity contribution in [1.82, 2.24) is 4.90 Å². The summed E-state index contributed by atoms with van der Waals surface area (Å²) in [5.41, 5.74) is 0.156. The van der Waals surface area contributed by atoms with Crippen LogP contribution in [-0.4, -0.2) is 42.2 Å². The summed E-state index contributed by atoms with van der Waals surface area (Å²) in [6, 6.07) is 10.1. The molecule has 1 amide bonds. The van der Waals surface area contributed by atoms with Gasteiger partial charge in [-0.05, 0) is 19.4 Å². The predicted octanol–water partition coefficient (Wildman–Crippen LogP) is 2.71. The third-order valence-corrected chi connectivity index (χ3v) is 4.88. The Morgan fingerprint density at radius 1 is 1.18 bits per heavy atom. The van der Waals surface area contributed by atoms with E-state index in [2.05, 4.69) is 12.1 Å². The highest BCUT2D eigenvalue weighted by molar-refractivity contribution is 5.87. The van der Waals surface area contributed by atoms with Crippen molar-refractivity contribution in [2.45, 2.75) is 44.1 Å². The summed E-state index contributed by atoms with van der Waals surface area (Å²) >= 11 is 0. The first-order valence-corrected chi connectivity index (χ1v) is 7.83. The van der Waals surface area contributed by atoms with Crippen LogP contribution in [0, 0.1) is 0 Å². The number of amides is 1. The molecular formula is C18H23NO3. The van der Waals surface area contributed by atoms with Gasteiger partial charge in [0.25, 0.3) is 5.91 Å². The van der Waals surface area contributed by atoms with Crippen molar-refractivity contribution in [3.63, 3.8) is 0 Å². The quantitative estimate of drug-likeness (QED) is 0.749. The van der Waals surface area contributed by atoms with Gasteiger partial charge in [-0.15, -0.1) is 0 Å². The van der Waals surface area contributed by atoms with Crippen LogP contribution in [0.3, 0.4) is 0 Å². The van der Waals surface area contributed by atoms with Crippen LogP contribution in [0.15, 0.2) is 42.5 Å². The number of hydrogen-bond donors (Lipinski definition) is 0. The van der Waals surface area contributed by atoms with Gasteiger partial charge >= 0.3 is 0 Å². The Morgan fingerprint density at radius 2 is 1.91 bits per heavy atom. The van der Waals surface area contributed by atoms with Gasteiger partial charge in [0.05, 0.1) is 18.8 Å². The van der Waals surface area contributed by atoms with E-state index in [-0.39, 0.29) is 24.2 Å². The molecule has 1 spiro atoms. The zero-order valence-electron chi connectivity index (χ0n) is 13.4. The maximum Gasteiger partial charge on any atom is 0.257 e. The van der Waals surface area contributed by atoms with Gasteiger partial charge in [-0.25, -0.2) is 0 Å². The van der Waals surface area contributed by atoms with E-state index in [1.165, 1.54) is 0 Å². The Morgan fingerprint density at radius 3 is 2.64 bits per heavy atom. The Bertz CT molecular complexity index is 571. The van der Waals surface area contributed by atoms with Gasteiger partial charge in [-0.1, -0.05) is 42.5 Å². The van der Waals surface area contributed by atoms with Crippen LogP contribution in [-0.2, 0) is 14.3 Å². The lowest BCUT2D eigenvalue weighted by molar-refractivity contribution is -0.219. The topological polar surface area (TPSA) is 38.8 Å². The lowest BCUT2D eigenvalue weighted by Crippen LogP contribution is -2.64. The summed E-state index contributed by atoms with van der Waals surface area (Å²) in [5, 5.41) is 0. The van der Waals surface area contributed by atoms with Crippen molar-refractivity contribution >= 4 is 5.91 Å². The van der Waals surface area contributed by atoms with Crippen molar-refractivity contribution in [3.05, 3.63) is 48.0 Å². The first kappa shape index (κ1) is 15.3. The summed E-state index contributed by atoms with van der Waals surface area (Å²) in [6.45, 7) is 4.48. The molecule has 4 nitrogen and oxygen atoms in total. The van der Waals surface area contributed by atoms with E-state index in [1.54, 1.807) is 4.90 Å². The van der Waals surface area contributed by atoms with Gasteiger partial charge in [0.15, 0.2) is 5.60 Å². The van der Waals surface area contributed by atoms with Gasteiger partial charge in [0, 0.05) is 13.5 Å². The van der Waals surface area contributed by atoms with Crippen LogP contribution in [0.1, 0.15) is 31.9 Å². The third kappa shape index (κ3) is 2.36. The molecule has 118 valence electrons. The molecule has 1 aromatic carbocycles. The van der Waals surface area contributed by atoms with Gasteiger partial charge in [-0.2, -0.15) is 0 Å². The highest BCUT2D eigenvalue weighted by Gasteiger charge is 2.54. The van der Waals surface area contributed by atoms with Crippen molar-refractivity contribution in [2.24, 2.45) is 0 Å². The fourth-order valence-electron chi connectivity index (χ4n) is 3.28. The van der Waals surface area contributed by atoms with Crippen LogP contribution < -0.4 is 0 Å². The van der Waals surface area contributed by atoms with Crippen LogP contribution in [0.25, 0.3) is 0 Å². The first-order valence-electron chi connectivity index (χ1n) is 7.83. The van der Waals surface area contributed by atoms with E-state index in [9.17, 15) is 4.79 Å². The summed E-state index contributed by atoms with van der Waals surface area (Å²) in [4.78, 5) is 14.7. The van der Waals surface area contributed by atoms with Crippen LogP contribution in [0.5, 0.6) is 0 Å². The van der Waals surface area contributed by atoms with E-state index in [0.29, 0.717) is 13.0 Å². The van der Waals surface area contributed by atoms with Gasteiger partial charge < -0.3 is 14.4 Å². The van der Waals surface area contributed by atoms with E-state index in [4.69, 9.17) is 9.47 Å². The number of rotatable bonds is 1. The molecule has 2 heterocycles.